The molecule has 10 heavy (non-hydrogen) atoms. The third-order valence-electron chi connectivity index (χ3n) is 2.49. The molecule has 2 rings (SSSR count). The van der Waals surface area contributed by atoms with Crippen molar-refractivity contribution < 1.29 is 4.74 Å². The van der Waals surface area contributed by atoms with E-state index in [-0.39, 0.29) is 0 Å². The number of fused-ring (bicyclic) bond motifs is 1. The molecule has 0 radical (unpaired) electrons. The summed E-state index contributed by atoms with van der Waals surface area (Å²) >= 11 is 2.07. The highest BCUT2D eigenvalue weighted by Gasteiger charge is 2.28. The van der Waals surface area contributed by atoms with Gasteiger partial charge in [0.15, 0.2) is 0 Å². The molecular formula is C8H14OS. The maximum atomic E-state index is 5.62. The van der Waals surface area contributed by atoms with Crippen LogP contribution in [0.2, 0.25) is 0 Å². The van der Waals surface area contributed by atoms with E-state index in [2.05, 4.69) is 11.8 Å². The summed E-state index contributed by atoms with van der Waals surface area (Å²) in [6.45, 7) is 1.02. The zero-order valence-corrected chi connectivity index (χ0v) is 7.03. The highest BCUT2D eigenvalue weighted by molar-refractivity contribution is 7.99. The predicted molar refractivity (Wildman–Crippen MR) is 44.4 cm³/mol. The lowest BCUT2D eigenvalue weighted by Crippen LogP contribution is -2.16. The first kappa shape index (κ1) is 6.99. The zero-order valence-electron chi connectivity index (χ0n) is 6.21. The lowest BCUT2D eigenvalue weighted by atomic mass is 9.98. The Morgan fingerprint density at radius 1 is 1.30 bits per heavy atom. The summed E-state index contributed by atoms with van der Waals surface area (Å²) in [7, 11) is 0. The van der Waals surface area contributed by atoms with Gasteiger partial charge in [0.2, 0.25) is 0 Å². The maximum absolute atomic E-state index is 5.62. The fourth-order valence-corrected chi connectivity index (χ4v) is 2.99. The molecule has 2 unspecified atom stereocenters. The zero-order chi connectivity index (χ0) is 6.81. The minimum absolute atomic E-state index is 0.618. The van der Waals surface area contributed by atoms with Gasteiger partial charge in [-0.05, 0) is 30.9 Å². The Labute approximate surface area is 66.5 Å². The maximum Gasteiger partial charge on any atom is 0.0694 e. The van der Waals surface area contributed by atoms with E-state index in [4.69, 9.17) is 4.74 Å². The van der Waals surface area contributed by atoms with Gasteiger partial charge in [0, 0.05) is 12.4 Å². The van der Waals surface area contributed by atoms with Crippen molar-refractivity contribution in [2.75, 3.05) is 18.1 Å². The average molecular weight is 158 g/mol. The van der Waals surface area contributed by atoms with Crippen molar-refractivity contribution in [3.05, 3.63) is 0 Å². The van der Waals surface area contributed by atoms with Gasteiger partial charge in [-0.15, -0.1) is 0 Å². The Bertz CT molecular complexity index is 104. The van der Waals surface area contributed by atoms with Crippen LogP contribution >= 0.6 is 11.8 Å². The van der Waals surface area contributed by atoms with Gasteiger partial charge < -0.3 is 4.74 Å². The van der Waals surface area contributed by atoms with Gasteiger partial charge in [-0.3, -0.25) is 0 Å². The summed E-state index contributed by atoms with van der Waals surface area (Å²) in [4.78, 5) is 0. The van der Waals surface area contributed by atoms with Gasteiger partial charge in [-0.25, -0.2) is 0 Å². The van der Waals surface area contributed by atoms with E-state index in [1.807, 2.05) is 0 Å². The molecule has 0 aliphatic carbocycles. The third-order valence-corrected chi connectivity index (χ3v) is 3.63. The smallest absolute Gasteiger partial charge is 0.0694 e. The molecule has 2 fully saturated rings. The van der Waals surface area contributed by atoms with Gasteiger partial charge >= 0.3 is 0 Å². The molecule has 0 aromatic heterocycles. The second-order valence-electron chi connectivity index (χ2n) is 3.18. The molecule has 0 aromatic carbocycles. The number of hydrogen-bond donors (Lipinski definition) is 0. The number of hydrogen-bond acceptors (Lipinski definition) is 2. The van der Waals surface area contributed by atoms with E-state index in [1.54, 1.807) is 0 Å². The summed E-state index contributed by atoms with van der Waals surface area (Å²) in [6.07, 6.45) is 4.77. The van der Waals surface area contributed by atoms with Crippen molar-refractivity contribution in [2.45, 2.75) is 25.4 Å². The van der Waals surface area contributed by atoms with Crippen molar-refractivity contribution in [1.29, 1.82) is 0 Å². The quantitative estimate of drug-likeness (QED) is 0.532. The molecule has 2 saturated heterocycles. The Morgan fingerprint density at radius 2 is 2.30 bits per heavy atom. The first-order valence-electron chi connectivity index (χ1n) is 4.16. The van der Waals surface area contributed by atoms with Crippen molar-refractivity contribution >= 4 is 11.8 Å². The normalized spacial score (nSPS) is 40.8. The summed E-state index contributed by atoms with van der Waals surface area (Å²) in [5, 5.41) is 0. The van der Waals surface area contributed by atoms with Crippen LogP contribution in [0.1, 0.15) is 19.3 Å². The van der Waals surface area contributed by atoms with Crippen molar-refractivity contribution in [2.24, 2.45) is 5.92 Å². The van der Waals surface area contributed by atoms with Crippen molar-refractivity contribution in [3.8, 4) is 0 Å². The first-order valence-corrected chi connectivity index (χ1v) is 5.31. The van der Waals surface area contributed by atoms with Crippen LogP contribution in [0.15, 0.2) is 0 Å². The summed E-state index contributed by atoms with van der Waals surface area (Å²) in [5.41, 5.74) is 0. The topological polar surface area (TPSA) is 9.23 Å². The molecule has 58 valence electrons. The highest BCUT2D eigenvalue weighted by Crippen LogP contribution is 2.31. The fraction of sp³-hybridized carbons (Fsp3) is 1.00. The Balaban J connectivity index is 1.95. The van der Waals surface area contributed by atoms with Crippen molar-refractivity contribution in [1.82, 2.24) is 0 Å². The molecule has 0 N–H and O–H groups in total. The van der Waals surface area contributed by atoms with E-state index in [0.717, 1.165) is 12.5 Å². The monoisotopic (exact) mass is 158 g/mol. The molecule has 2 atom stereocenters. The fourth-order valence-electron chi connectivity index (χ4n) is 1.85. The van der Waals surface area contributed by atoms with Gasteiger partial charge in [0.25, 0.3) is 0 Å². The average Bonchev–Trinajstić information content (AvgIpc) is 2.28. The third kappa shape index (κ3) is 1.32. The molecule has 2 aliphatic heterocycles. The molecule has 0 amide bonds. The predicted octanol–water partition coefficient (Wildman–Crippen LogP) is 1.92. The van der Waals surface area contributed by atoms with Crippen LogP contribution in [-0.2, 0) is 4.74 Å². The van der Waals surface area contributed by atoms with Crippen molar-refractivity contribution in [3.63, 3.8) is 0 Å². The van der Waals surface area contributed by atoms with Crippen LogP contribution < -0.4 is 0 Å². The minimum atomic E-state index is 0.618. The molecule has 2 heteroatoms. The Hall–Kier alpha value is 0.310. The Kier molecular flexibility index (Phi) is 2.19. The molecule has 0 saturated carbocycles. The highest BCUT2D eigenvalue weighted by atomic mass is 32.2. The number of thioether (sulfide) groups is 1. The van der Waals surface area contributed by atoms with Crippen LogP contribution in [0.4, 0.5) is 0 Å². The van der Waals surface area contributed by atoms with Crippen LogP contribution in [0.25, 0.3) is 0 Å². The Morgan fingerprint density at radius 3 is 3.30 bits per heavy atom. The van der Waals surface area contributed by atoms with Gasteiger partial charge in [0.1, 0.15) is 0 Å². The lowest BCUT2D eigenvalue weighted by molar-refractivity contribution is 0.108. The number of rotatable bonds is 0. The molecule has 0 bridgehead atoms. The van der Waals surface area contributed by atoms with Crippen LogP contribution in [-0.4, -0.2) is 24.2 Å². The van der Waals surface area contributed by atoms with E-state index in [1.165, 1.54) is 30.8 Å². The lowest BCUT2D eigenvalue weighted by Gasteiger charge is -2.12. The molecule has 2 heterocycles. The van der Waals surface area contributed by atoms with Gasteiger partial charge in [0.05, 0.1) is 6.10 Å². The SMILES string of the molecule is C1CSCC2OCCC2C1. The minimum Gasteiger partial charge on any atom is -0.377 e. The molecular weight excluding hydrogens is 144 g/mol. The standard InChI is InChI=1S/C8H14OS/c1-2-7-3-4-9-8(7)6-10-5-1/h7-8H,1-6H2. The van der Waals surface area contributed by atoms with Crippen LogP contribution in [0.5, 0.6) is 0 Å². The van der Waals surface area contributed by atoms with E-state index in [0.29, 0.717) is 6.10 Å². The summed E-state index contributed by atoms with van der Waals surface area (Å²) in [6, 6.07) is 0. The van der Waals surface area contributed by atoms with Gasteiger partial charge in [-0.1, -0.05) is 0 Å². The summed E-state index contributed by atoms with van der Waals surface area (Å²) in [5.74, 6) is 3.52. The molecule has 1 nitrogen and oxygen atoms in total. The van der Waals surface area contributed by atoms with E-state index < -0.39 is 0 Å². The van der Waals surface area contributed by atoms with Crippen LogP contribution in [0.3, 0.4) is 0 Å². The number of ether oxygens (including phenoxy) is 1. The van der Waals surface area contributed by atoms with E-state index >= 15 is 0 Å². The van der Waals surface area contributed by atoms with Gasteiger partial charge in [-0.2, -0.15) is 11.8 Å². The first-order chi connectivity index (χ1) is 4.97. The second-order valence-corrected chi connectivity index (χ2v) is 4.32. The largest absolute Gasteiger partial charge is 0.377 e. The second kappa shape index (κ2) is 3.14. The molecule has 0 spiro atoms. The van der Waals surface area contributed by atoms with Crippen LogP contribution in [0, 0.1) is 5.92 Å². The summed E-state index contributed by atoms with van der Waals surface area (Å²) < 4.78 is 5.62. The molecule has 2 aliphatic rings. The van der Waals surface area contributed by atoms with E-state index in [9.17, 15) is 0 Å². The molecule has 0 aromatic rings.